The van der Waals surface area contributed by atoms with Gasteiger partial charge in [0.25, 0.3) is 0 Å². The zero-order chi connectivity index (χ0) is 15.5. The molecule has 4 nitrogen and oxygen atoms in total. The van der Waals surface area contributed by atoms with Gasteiger partial charge in [-0.3, -0.25) is 4.79 Å². The first-order chi connectivity index (χ1) is 10.2. The van der Waals surface area contributed by atoms with Gasteiger partial charge in [0, 0.05) is 13.0 Å². The Morgan fingerprint density at radius 3 is 2.52 bits per heavy atom. The second-order valence-electron chi connectivity index (χ2n) is 5.25. The van der Waals surface area contributed by atoms with Gasteiger partial charge < -0.3 is 9.94 Å². The number of nitrogens with one attached hydrogen (secondary N) is 1. The van der Waals surface area contributed by atoms with Crippen LogP contribution in [-0.2, 0) is 9.53 Å². The van der Waals surface area contributed by atoms with Crippen LogP contribution in [0.1, 0.15) is 57.6 Å². The van der Waals surface area contributed by atoms with Gasteiger partial charge in [-0.2, -0.15) is 5.48 Å². The molecule has 0 bridgehead atoms. The number of rotatable bonds is 11. The Hall–Kier alpha value is -1.23. The van der Waals surface area contributed by atoms with E-state index in [0.29, 0.717) is 13.0 Å². The zero-order valence-electron chi connectivity index (χ0n) is 13.0. The van der Waals surface area contributed by atoms with E-state index in [0.717, 1.165) is 31.2 Å². The molecule has 1 aromatic carbocycles. The molecule has 0 aliphatic rings. The molecular formula is C17H27NO3. The van der Waals surface area contributed by atoms with Gasteiger partial charge in [-0.15, -0.1) is 0 Å². The molecule has 2 N–H and O–H groups in total. The second kappa shape index (κ2) is 10.5. The average Bonchev–Trinajstić information content (AvgIpc) is 2.52. The van der Waals surface area contributed by atoms with E-state index in [-0.39, 0.29) is 11.9 Å². The van der Waals surface area contributed by atoms with Crippen LogP contribution in [-0.4, -0.2) is 23.7 Å². The van der Waals surface area contributed by atoms with Gasteiger partial charge >= 0.3 is 0 Å². The SMILES string of the molecule is CCCCCOC(CC)CC(=O)C(NO)c1ccccc1. The molecule has 0 aromatic heterocycles. The van der Waals surface area contributed by atoms with Crippen molar-refractivity contribution >= 4 is 5.78 Å². The van der Waals surface area contributed by atoms with Crippen molar-refractivity contribution in [2.45, 2.75) is 58.1 Å². The highest BCUT2D eigenvalue weighted by Crippen LogP contribution is 2.17. The summed E-state index contributed by atoms with van der Waals surface area (Å²) in [4.78, 5) is 12.3. The molecule has 2 atom stereocenters. The fourth-order valence-electron chi connectivity index (χ4n) is 2.24. The highest BCUT2D eigenvalue weighted by Gasteiger charge is 2.22. The fourth-order valence-corrected chi connectivity index (χ4v) is 2.24. The number of ether oxygens (including phenoxy) is 1. The molecule has 0 fully saturated rings. The van der Waals surface area contributed by atoms with Crippen molar-refractivity contribution < 1.29 is 14.7 Å². The number of carbonyl (C=O) groups excluding carboxylic acids is 1. The molecule has 0 amide bonds. The number of benzene rings is 1. The van der Waals surface area contributed by atoms with E-state index in [2.05, 4.69) is 12.4 Å². The molecule has 21 heavy (non-hydrogen) atoms. The molecule has 4 heteroatoms. The van der Waals surface area contributed by atoms with E-state index >= 15 is 0 Å². The number of unbranched alkanes of at least 4 members (excludes halogenated alkanes) is 2. The summed E-state index contributed by atoms with van der Waals surface area (Å²) in [6, 6.07) is 8.56. The Bertz CT molecular complexity index is 394. The summed E-state index contributed by atoms with van der Waals surface area (Å²) in [6.07, 6.45) is 4.37. The molecule has 0 spiro atoms. The standard InChI is InChI=1S/C17H27NO3/c1-3-5-9-12-21-15(4-2)13-16(19)17(18-20)14-10-7-6-8-11-14/h6-8,10-11,15,17-18,20H,3-5,9,12-13H2,1-2H3. The van der Waals surface area contributed by atoms with E-state index in [4.69, 9.17) is 4.74 Å². The molecule has 118 valence electrons. The molecular weight excluding hydrogens is 266 g/mol. The van der Waals surface area contributed by atoms with Crippen molar-refractivity contribution in [1.82, 2.24) is 5.48 Å². The lowest BCUT2D eigenvalue weighted by Gasteiger charge is -2.19. The predicted molar refractivity (Wildman–Crippen MR) is 83.3 cm³/mol. The van der Waals surface area contributed by atoms with Crippen molar-refractivity contribution in [3.05, 3.63) is 35.9 Å². The summed E-state index contributed by atoms with van der Waals surface area (Å²) >= 11 is 0. The third-order valence-corrected chi connectivity index (χ3v) is 3.57. The lowest BCUT2D eigenvalue weighted by atomic mass is 9.98. The number of Topliss-reactive ketones (excluding diaryl/α,β-unsaturated/α-hetero) is 1. The molecule has 0 saturated carbocycles. The monoisotopic (exact) mass is 293 g/mol. The van der Waals surface area contributed by atoms with Gasteiger partial charge in [0.05, 0.1) is 6.10 Å². The maximum absolute atomic E-state index is 12.3. The first kappa shape index (κ1) is 17.8. The number of hydroxylamine groups is 1. The van der Waals surface area contributed by atoms with Gasteiger partial charge in [0.2, 0.25) is 0 Å². The van der Waals surface area contributed by atoms with Crippen LogP contribution >= 0.6 is 0 Å². The first-order valence-corrected chi connectivity index (χ1v) is 7.81. The summed E-state index contributed by atoms with van der Waals surface area (Å²) in [6.45, 7) is 4.86. The van der Waals surface area contributed by atoms with Gasteiger partial charge in [-0.1, -0.05) is 57.0 Å². The van der Waals surface area contributed by atoms with Crippen molar-refractivity contribution in [2.24, 2.45) is 0 Å². The van der Waals surface area contributed by atoms with Crippen molar-refractivity contribution in [1.29, 1.82) is 0 Å². The second-order valence-corrected chi connectivity index (χ2v) is 5.25. The van der Waals surface area contributed by atoms with E-state index < -0.39 is 6.04 Å². The maximum atomic E-state index is 12.3. The van der Waals surface area contributed by atoms with E-state index in [1.807, 2.05) is 37.3 Å². The lowest BCUT2D eigenvalue weighted by Crippen LogP contribution is -2.29. The number of ketones is 1. The molecule has 1 rings (SSSR count). The first-order valence-electron chi connectivity index (χ1n) is 7.81. The Kier molecular flexibility index (Phi) is 8.90. The molecule has 0 saturated heterocycles. The number of hydrogen-bond acceptors (Lipinski definition) is 4. The summed E-state index contributed by atoms with van der Waals surface area (Å²) in [5.74, 6) is -0.0500. The summed E-state index contributed by atoms with van der Waals surface area (Å²) in [5, 5.41) is 9.27. The third kappa shape index (κ3) is 6.38. The maximum Gasteiger partial charge on any atom is 0.159 e. The van der Waals surface area contributed by atoms with Crippen molar-refractivity contribution in [2.75, 3.05) is 6.61 Å². The van der Waals surface area contributed by atoms with Crippen LogP contribution in [0.4, 0.5) is 0 Å². The third-order valence-electron chi connectivity index (χ3n) is 3.57. The lowest BCUT2D eigenvalue weighted by molar-refractivity contribution is -0.126. The van der Waals surface area contributed by atoms with Gasteiger partial charge in [0.1, 0.15) is 6.04 Å². The van der Waals surface area contributed by atoms with Crippen LogP contribution in [0.3, 0.4) is 0 Å². The number of hydrogen-bond donors (Lipinski definition) is 2. The van der Waals surface area contributed by atoms with Crippen molar-refractivity contribution in [3.8, 4) is 0 Å². The van der Waals surface area contributed by atoms with Crippen LogP contribution < -0.4 is 5.48 Å². The van der Waals surface area contributed by atoms with Crippen LogP contribution in [0.25, 0.3) is 0 Å². The Morgan fingerprint density at radius 1 is 1.24 bits per heavy atom. The van der Waals surface area contributed by atoms with Crippen molar-refractivity contribution in [3.63, 3.8) is 0 Å². The minimum absolute atomic E-state index is 0.0500. The van der Waals surface area contributed by atoms with Crippen LogP contribution in [0.15, 0.2) is 30.3 Å². The largest absolute Gasteiger partial charge is 0.378 e. The van der Waals surface area contributed by atoms with E-state index in [9.17, 15) is 10.0 Å². The Labute approximate surface area is 127 Å². The zero-order valence-corrected chi connectivity index (χ0v) is 13.0. The van der Waals surface area contributed by atoms with Crippen LogP contribution in [0, 0.1) is 0 Å². The van der Waals surface area contributed by atoms with Gasteiger partial charge in [0.15, 0.2) is 5.78 Å². The van der Waals surface area contributed by atoms with E-state index in [1.165, 1.54) is 0 Å². The molecule has 2 unspecified atom stereocenters. The normalized spacial score (nSPS) is 13.9. The van der Waals surface area contributed by atoms with Gasteiger partial charge in [-0.25, -0.2) is 0 Å². The summed E-state index contributed by atoms with van der Waals surface area (Å²) in [7, 11) is 0. The molecule has 0 heterocycles. The van der Waals surface area contributed by atoms with Crippen LogP contribution in [0.5, 0.6) is 0 Å². The molecule has 0 aliphatic carbocycles. The highest BCUT2D eigenvalue weighted by molar-refractivity contribution is 5.85. The van der Waals surface area contributed by atoms with Crippen LogP contribution in [0.2, 0.25) is 0 Å². The van der Waals surface area contributed by atoms with Gasteiger partial charge in [-0.05, 0) is 18.4 Å². The Balaban J connectivity index is 2.51. The molecule has 1 aromatic rings. The minimum atomic E-state index is -0.681. The smallest absolute Gasteiger partial charge is 0.159 e. The predicted octanol–water partition coefficient (Wildman–Crippen LogP) is 3.65. The summed E-state index contributed by atoms with van der Waals surface area (Å²) < 4.78 is 5.76. The summed E-state index contributed by atoms with van der Waals surface area (Å²) in [5.41, 5.74) is 2.89. The Morgan fingerprint density at radius 2 is 1.95 bits per heavy atom. The topological polar surface area (TPSA) is 58.6 Å². The highest BCUT2D eigenvalue weighted by atomic mass is 16.5. The minimum Gasteiger partial charge on any atom is -0.378 e. The fraction of sp³-hybridized carbons (Fsp3) is 0.588. The molecule has 0 aliphatic heterocycles. The number of carbonyl (C=O) groups is 1. The average molecular weight is 293 g/mol. The van der Waals surface area contributed by atoms with E-state index in [1.54, 1.807) is 0 Å². The quantitative estimate of drug-likeness (QED) is 0.483. The molecule has 0 radical (unpaired) electrons.